The Morgan fingerprint density at radius 3 is 2.81 bits per heavy atom. The average molecular weight is 363 g/mol. The van der Waals surface area contributed by atoms with Crippen LogP contribution >= 0.6 is 28.1 Å². The van der Waals surface area contributed by atoms with Gasteiger partial charge in [-0.05, 0) is 40.2 Å². The number of anilines is 1. The number of hydrogen-bond donors (Lipinski definition) is 1. The SMILES string of the molecule is NC(=S)c1ccc(N2CCOc3ccccc3C2)c(Br)c1. The molecule has 0 aliphatic carbocycles. The van der Waals surface area contributed by atoms with Crippen molar-refractivity contribution in [2.24, 2.45) is 5.73 Å². The minimum absolute atomic E-state index is 0.409. The maximum atomic E-state index is 5.80. The second-order valence-corrected chi connectivity index (χ2v) is 6.20. The maximum absolute atomic E-state index is 5.80. The van der Waals surface area contributed by atoms with E-state index in [2.05, 4.69) is 26.9 Å². The predicted molar refractivity (Wildman–Crippen MR) is 93.0 cm³/mol. The summed E-state index contributed by atoms with van der Waals surface area (Å²) in [5.74, 6) is 0.968. The molecule has 3 rings (SSSR count). The fourth-order valence-corrected chi connectivity index (χ4v) is 3.20. The van der Waals surface area contributed by atoms with Gasteiger partial charge in [-0.15, -0.1) is 0 Å². The summed E-state index contributed by atoms with van der Waals surface area (Å²) in [5, 5.41) is 0. The van der Waals surface area contributed by atoms with Crippen LogP contribution in [0.1, 0.15) is 11.1 Å². The van der Waals surface area contributed by atoms with Crippen molar-refractivity contribution in [3.05, 3.63) is 58.1 Å². The molecule has 0 spiro atoms. The van der Waals surface area contributed by atoms with Gasteiger partial charge < -0.3 is 15.4 Å². The van der Waals surface area contributed by atoms with Crippen molar-refractivity contribution < 1.29 is 4.74 Å². The van der Waals surface area contributed by atoms with Crippen molar-refractivity contribution >= 4 is 38.8 Å². The van der Waals surface area contributed by atoms with Gasteiger partial charge in [0.05, 0.1) is 12.2 Å². The van der Waals surface area contributed by atoms with E-state index in [1.165, 1.54) is 5.56 Å². The van der Waals surface area contributed by atoms with Crippen molar-refractivity contribution in [2.75, 3.05) is 18.1 Å². The summed E-state index contributed by atoms with van der Waals surface area (Å²) in [6.45, 7) is 2.32. The highest BCUT2D eigenvalue weighted by atomic mass is 79.9. The van der Waals surface area contributed by atoms with Crippen molar-refractivity contribution in [1.29, 1.82) is 0 Å². The Morgan fingerprint density at radius 2 is 2.05 bits per heavy atom. The number of halogens is 1. The molecule has 5 heteroatoms. The topological polar surface area (TPSA) is 38.5 Å². The second-order valence-electron chi connectivity index (χ2n) is 4.91. The highest BCUT2D eigenvalue weighted by Crippen LogP contribution is 2.31. The van der Waals surface area contributed by atoms with Crippen LogP contribution in [-0.4, -0.2) is 18.1 Å². The second kappa shape index (κ2) is 6.03. The Morgan fingerprint density at radius 1 is 1.24 bits per heavy atom. The Bertz CT molecular complexity index is 690. The summed E-state index contributed by atoms with van der Waals surface area (Å²) in [7, 11) is 0. The molecular weight excluding hydrogens is 348 g/mol. The summed E-state index contributed by atoms with van der Waals surface area (Å²) in [6.07, 6.45) is 0. The number of ether oxygens (including phenoxy) is 1. The Kier molecular flexibility index (Phi) is 4.12. The van der Waals surface area contributed by atoms with Gasteiger partial charge >= 0.3 is 0 Å². The van der Waals surface area contributed by atoms with E-state index >= 15 is 0 Å². The first-order chi connectivity index (χ1) is 10.1. The van der Waals surface area contributed by atoms with E-state index in [-0.39, 0.29) is 0 Å². The number of hydrogen-bond acceptors (Lipinski definition) is 3. The third-order valence-electron chi connectivity index (χ3n) is 3.53. The molecule has 0 unspecified atom stereocenters. The first-order valence-electron chi connectivity index (χ1n) is 6.70. The third kappa shape index (κ3) is 3.04. The lowest BCUT2D eigenvalue weighted by Gasteiger charge is -2.23. The van der Waals surface area contributed by atoms with E-state index in [1.54, 1.807) is 0 Å². The van der Waals surface area contributed by atoms with Crippen LogP contribution in [0.2, 0.25) is 0 Å². The molecule has 0 saturated heterocycles. The van der Waals surface area contributed by atoms with Gasteiger partial charge in [-0.25, -0.2) is 0 Å². The van der Waals surface area contributed by atoms with Gasteiger partial charge in [0.1, 0.15) is 17.3 Å². The molecular formula is C16H15BrN2OS. The van der Waals surface area contributed by atoms with Crippen LogP contribution in [0, 0.1) is 0 Å². The van der Waals surface area contributed by atoms with Crippen LogP contribution < -0.4 is 15.4 Å². The molecule has 1 aliphatic heterocycles. The lowest BCUT2D eigenvalue weighted by Crippen LogP contribution is -2.25. The summed E-state index contributed by atoms with van der Waals surface area (Å²) in [5.41, 5.74) is 8.86. The van der Waals surface area contributed by atoms with E-state index in [0.29, 0.717) is 11.6 Å². The molecule has 0 saturated carbocycles. The highest BCUT2D eigenvalue weighted by molar-refractivity contribution is 9.10. The molecule has 0 radical (unpaired) electrons. The van der Waals surface area contributed by atoms with Gasteiger partial charge in [0.15, 0.2) is 0 Å². The van der Waals surface area contributed by atoms with Gasteiger partial charge in [-0.1, -0.05) is 30.4 Å². The zero-order valence-corrected chi connectivity index (χ0v) is 13.8. The number of nitrogens with two attached hydrogens (primary N) is 1. The molecule has 2 aromatic rings. The standard InChI is InChI=1S/C16H15BrN2OS/c17-13-9-11(16(18)21)5-6-14(13)19-7-8-20-15-4-2-1-3-12(15)10-19/h1-6,9H,7-8,10H2,(H2,18,21). The monoisotopic (exact) mass is 362 g/mol. The van der Waals surface area contributed by atoms with Gasteiger partial charge in [0.2, 0.25) is 0 Å². The van der Waals surface area contributed by atoms with E-state index in [4.69, 9.17) is 22.7 Å². The summed E-state index contributed by atoms with van der Waals surface area (Å²) in [4.78, 5) is 2.70. The number of rotatable bonds is 2. The minimum atomic E-state index is 0.409. The van der Waals surface area contributed by atoms with Gasteiger partial charge in [0.25, 0.3) is 0 Å². The first-order valence-corrected chi connectivity index (χ1v) is 7.90. The molecule has 0 amide bonds. The lowest BCUT2D eigenvalue weighted by atomic mass is 10.1. The van der Waals surface area contributed by atoms with E-state index in [9.17, 15) is 0 Å². The largest absolute Gasteiger partial charge is 0.491 e. The minimum Gasteiger partial charge on any atom is -0.491 e. The Balaban J connectivity index is 1.92. The number of nitrogens with zero attached hydrogens (tertiary/aromatic N) is 1. The van der Waals surface area contributed by atoms with Gasteiger partial charge in [-0.2, -0.15) is 0 Å². The molecule has 1 aliphatic rings. The molecule has 0 fully saturated rings. The molecule has 21 heavy (non-hydrogen) atoms. The van der Waals surface area contributed by atoms with Crippen LogP contribution in [0.5, 0.6) is 5.75 Å². The molecule has 2 N–H and O–H groups in total. The number of thiocarbonyl (C=S) groups is 1. The van der Waals surface area contributed by atoms with Crippen molar-refractivity contribution in [1.82, 2.24) is 0 Å². The number of benzene rings is 2. The van der Waals surface area contributed by atoms with Crippen LogP contribution in [-0.2, 0) is 6.54 Å². The third-order valence-corrected chi connectivity index (χ3v) is 4.40. The molecule has 3 nitrogen and oxygen atoms in total. The lowest BCUT2D eigenvalue weighted by molar-refractivity contribution is 0.331. The van der Waals surface area contributed by atoms with E-state index < -0.39 is 0 Å². The Labute approximate surface area is 137 Å². The number of fused-ring (bicyclic) bond motifs is 1. The molecule has 108 valence electrons. The smallest absolute Gasteiger partial charge is 0.124 e. The van der Waals surface area contributed by atoms with Crippen LogP contribution in [0.3, 0.4) is 0 Å². The van der Waals surface area contributed by atoms with E-state index in [0.717, 1.165) is 34.6 Å². The fourth-order valence-electron chi connectivity index (χ4n) is 2.45. The predicted octanol–water partition coefficient (Wildman–Crippen LogP) is 3.48. The van der Waals surface area contributed by atoms with Gasteiger partial charge in [0, 0.05) is 22.1 Å². The molecule has 1 heterocycles. The molecule has 0 bridgehead atoms. The zero-order valence-electron chi connectivity index (χ0n) is 11.4. The Hall–Kier alpha value is -1.59. The van der Waals surface area contributed by atoms with Crippen LogP contribution in [0.4, 0.5) is 5.69 Å². The van der Waals surface area contributed by atoms with Crippen LogP contribution in [0.15, 0.2) is 46.9 Å². The van der Waals surface area contributed by atoms with Crippen molar-refractivity contribution in [2.45, 2.75) is 6.54 Å². The van der Waals surface area contributed by atoms with Gasteiger partial charge in [-0.3, -0.25) is 0 Å². The molecule has 0 aromatic heterocycles. The highest BCUT2D eigenvalue weighted by Gasteiger charge is 2.17. The quantitative estimate of drug-likeness (QED) is 0.830. The van der Waals surface area contributed by atoms with Crippen LogP contribution in [0.25, 0.3) is 0 Å². The zero-order chi connectivity index (χ0) is 14.8. The molecule has 0 atom stereocenters. The average Bonchev–Trinajstić information content (AvgIpc) is 2.69. The summed E-state index contributed by atoms with van der Waals surface area (Å²) >= 11 is 8.64. The first kappa shape index (κ1) is 14.4. The summed E-state index contributed by atoms with van der Waals surface area (Å²) in [6, 6.07) is 14.1. The fraction of sp³-hybridized carbons (Fsp3) is 0.188. The summed E-state index contributed by atoms with van der Waals surface area (Å²) < 4.78 is 6.80. The number of para-hydroxylation sites is 1. The van der Waals surface area contributed by atoms with Crippen molar-refractivity contribution in [3.8, 4) is 5.75 Å². The van der Waals surface area contributed by atoms with E-state index in [1.807, 2.05) is 36.4 Å². The maximum Gasteiger partial charge on any atom is 0.124 e. The molecule has 2 aromatic carbocycles. The van der Waals surface area contributed by atoms with Crippen molar-refractivity contribution in [3.63, 3.8) is 0 Å². The normalized spacial score (nSPS) is 14.0.